The van der Waals surface area contributed by atoms with Gasteiger partial charge in [0.1, 0.15) is 5.52 Å². The lowest BCUT2D eigenvalue weighted by molar-refractivity contribution is 0.602. The van der Waals surface area contributed by atoms with Crippen LogP contribution in [0.3, 0.4) is 0 Å². The number of fused-ring (bicyclic) bond motifs is 3. The number of oxazole rings is 1. The van der Waals surface area contributed by atoms with Crippen LogP contribution < -0.4 is 0 Å². The van der Waals surface area contributed by atoms with Gasteiger partial charge < -0.3 is 4.42 Å². The monoisotopic (exact) mass is 175 g/mol. The Labute approximate surface area is 72.4 Å². The molecule has 0 atom stereocenters. The lowest BCUT2D eigenvalue weighted by Crippen LogP contribution is -1.67. The molecule has 1 aromatic carbocycles. The second kappa shape index (κ2) is 2.08. The van der Waals surface area contributed by atoms with Crippen molar-refractivity contribution in [2.45, 2.75) is 0 Å². The molecule has 0 fully saturated rings. The summed E-state index contributed by atoms with van der Waals surface area (Å²) in [7, 11) is 0. The Balaban J connectivity index is 2.71. The quantitative estimate of drug-likeness (QED) is 0.525. The number of aromatic nitrogens is 1. The van der Waals surface area contributed by atoms with E-state index >= 15 is 0 Å². The van der Waals surface area contributed by atoms with E-state index in [0.717, 1.165) is 11.1 Å². The van der Waals surface area contributed by atoms with Crippen LogP contribution in [0.25, 0.3) is 21.2 Å². The first-order chi connectivity index (χ1) is 5.95. The summed E-state index contributed by atoms with van der Waals surface area (Å²) >= 11 is 1.72. The Bertz CT molecular complexity index is 488. The number of hydrogen-bond donors (Lipinski definition) is 0. The predicted octanol–water partition coefficient (Wildman–Crippen LogP) is 3.04. The highest BCUT2D eigenvalue weighted by Crippen LogP contribution is 2.27. The van der Waals surface area contributed by atoms with Gasteiger partial charge >= 0.3 is 0 Å². The molecule has 0 aliphatic rings. The van der Waals surface area contributed by atoms with Gasteiger partial charge in [-0.25, -0.2) is 4.98 Å². The van der Waals surface area contributed by atoms with Crippen LogP contribution in [0.2, 0.25) is 0 Å². The van der Waals surface area contributed by atoms with Gasteiger partial charge in [-0.05, 0) is 23.6 Å². The van der Waals surface area contributed by atoms with Gasteiger partial charge in [-0.2, -0.15) is 0 Å². The minimum Gasteiger partial charge on any atom is -0.443 e. The fourth-order valence-electron chi connectivity index (χ4n) is 1.37. The number of hydrogen-bond acceptors (Lipinski definition) is 3. The number of thiophene rings is 1. The SMILES string of the molecule is c1nc2c(ccc3sccc32)o1. The van der Waals surface area contributed by atoms with Crippen molar-refractivity contribution in [3.05, 3.63) is 30.0 Å². The lowest BCUT2D eigenvalue weighted by atomic mass is 10.2. The molecular formula is C9H5NOS. The largest absolute Gasteiger partial charge is 0.443 e. The Kier molecular flexibility index (Phi) is 1.07. The van der Waals surface area contributed by atoms with Crippen molar-refractivity contribution in [3.8, 4) is 0 Å². The van der Waals surface area contributed by atoms with E-state index in [-0.39, 0.29) is 0 Å². The average Bonchev–Trinajstić information content (AvgIpc) is 2.71. The smallest absolute Gasteiger partial charge is 0.182 e. The van der Waals surface area contributed by atoms with Crippen LogP contribution in [0.4, 0.5) is 0 Å². The average molecular weight is 175 g/mol. The Hall–Kier alpha value is -1.35. The normalized spacial score (nSPS) is 11.3. The van der Waals surface area contributed by atoms with Crippen LogP contribution >= 0.6 is 11.3 Å². The molecule has 0 aliphatic carbocycles. The van der Waals surface area contributed by atoms with Crippen molar-refractivity contribution in [2.75, 3.05) is 0 Å². The highest BCUT2D eigenvalue weighted by Gasteiger charge is 2.03. The molecule has 0 saturated heterocycles. The first-order valence-electron chi connectivity index (χ1n) is 3.64. The topological polar surface area (TPSA) is 26.0 Å². The molecular weight excluding hydrogens is 170 g/mol. The van der Waals surface area contributed by atoms with Gasteiger partial charge in [0, 0.05) is 10.1 Å². The zero-order valence-electron chi connectivity index (χ0n) is 6.15. The fraction of sp³-hybridized carbons (Fsp3) is 0. The highest BCUT2D eigenvalue weighted by molar-refractivity contribution is 7.17. The van der Waals surface area contributed by atoms with E-state index < -0.39 is 0 Å². The zero-order chi connectivity index (χ0) is 7.97. The van der Waals surface area contributed by atoms with Gasteiger partial charge in [0.25, 0.3) is 0 Å². The molecule has 0 N–H and O–H groups in total. The van der Waals surface area contributed by atoms with Crippen molar-refractivity contribution < 1.29 is 4.42 Å². The molecule has 3 rings (SSSR count). The predicted molar refractivity (Wildman–Crippen MR) is 49.4 cm³/mol. The molecule has 0 radical (unpaired) electrons. The van der Waals surface area contributed by atoms with Gasteiger partial charge in [-0.1, -0.05) is 0 Å². The van der Waals surface area contributed by atoms with Crippen LogP contribution in [0.1, 0.15) is 0 Å². The van der Waals surface area contributed by atoms with E-state index in [9.17, 15) is 0 Å². The molecule has 2 heterocycles. The van der Waals surface area contributed by atoms with E-state index in [4.69, 9.17) is 4.42 Å². The van der Waals surface area contributed by atoms with Crippen molar-refractivity contribution in [2.24, 2.45) is 0 Å². The van der Waals surface area contributed by atoms with Gasteiger partial charge in [0.2, 0.25) is 0 Å². The second-order valence-corrected chi connectivity index (χ2v) is 3.54. The third-order valence-corrected chi connectivity index (χ3v) is 2.81. The second-order valence-electron chi connectivity index (χ2n) is 2.60. The minimum absolute atomic E-state index is 0.862. The molecule has 58 valence electrons. The maximum atomic E-state index is 5.19. The first kappa shape index (κ1) is 6.20. The van der Waals surface area contributed by atoms with Gasteiger partial charge in [-0.3, -0.25) is 0 Å². The van der Waals surface area contributed by atoms with E-state index in [1.807, 2.05) is 6.07 Å². The summed E-state index contributed by atoms with van der Waals surface area (Å²) in [6, 6.07) is 6.10. The van der Waals surface area contributed by atoms with E-state index in [1.54, 1.807) is 11.3 Å². The Morgan fingerprint density at radius 3 is 3.25 bits per heavy atom. The molecule has 2 nitrogen and oxygen atoms in total. The fourth-order valence-corrected chi connectivity index (χ4v) is 2.16. The summed E-state index contributed by atoms with van der Waals surface area (Å²) in [6.45, 7) is 0. The van der Waals surface area contributed by atoms with Gasteiger partial charge in [0.05, 0.1) is 0 Å². The van der Waals surface area contributed by atoms with Crippen molar-refractivity contribution in [3.63, 3.8) is 0 Å². The number of rotatable bonds is 0. The Morgan fingerprint density at radius 1 is 1.25 bits per heavy atom. The molecule has 0 amide bonds. The van der Waals surface area contributed by atoms with Crippen LogP contribution in [-0.4, -0.2) is 4.98 Å². The third-order valence-electron chi connectivity index (χ3n) is 1.93. The van der Waals surface area contributed by atoms with Crippen LogP contribution in [0.15, 0.2) is 34.4 Å². The molecule has 3 aromatic rings. The molecule has 0 bridgehead atoms. The summed E-state index contributed by atoms with van der Waals surface area (Å²) < 4.78 is 6.45. The Morgan fingerprint density at radius 2 is 2.25 bits per heavy atom. The van der Waals surface area contributed by atoms with Crippen molar-refractivity contribution >= 4 is 32.5 Å². The molecule has 0 saturated carbocycles. The summed E-state index contributed by atoms with van der Waals surface area (Å²) in [6.07, 6.45) is 1.49. The summed E-state index contributed by atoms with van der Waals surface area (Å²) in [5.41, 5.74) is 1.83. The molecule has 0 unspecified atom stereocenters. The number of nitrogens with zero attached hydrogens (tertiary/aromatic N) is 1. The highest BCUT2D eigenvalue weighted by atomic mass is 32.1. The van der Waals surface area contributed by atoms with E-state index in [2.05, 4.69) is 22.5 Å². The van der Waals surface area contributed by atoms with E-state index in [0.29, 0.717) is 0 Å². The molecule has 2 aromatic heterocycles. The standard InChI is InChI=1S/C9H5NOS/c1-2-8-6(3-4-12-8)9-7(1)11-5-10-9/h1-5H. The van der Waals surface area contributed by atoms with Gasteiger partial charge in [-0.15, -0.1) is 11.3 Å². The van der Waals surface area contributed by atoms with E-state index in [1.165, 1.54) is 16.5 Å². The summed E-state index contributed by atoms with van der Waals surface area (Å²) in [5, 5.41) is 3.25. The summed E-state index contributed by atoms with van der Waals surface area (Å²) in [5.74, 6) is 0. The van der Waals surface area contributed by atoms with Crippen molar-refractivity contribution in [1.82, 2.24) is 4.98 Å². The van der Waals surface area contributed by atoms with Crippen LogP contribution in [-0.2, 0) is 0 Å². The third kappa shape index (κ3) is 0.662. The minimum atomic E-state index is 0.862. The lowest BCUT2D eigenvalue weighted by Gasteiger charge is -1.87. The number of benzene rings is 1. The maximum Gasteiger partial charge on any atom is 0.182 e. The maximum absolute atomic E-state index is 5.19. The zero-order valence-corrected chi connectivity index (χ0v) is 6.97. The molecule has 0 aliphatic heterocycles. The summed E-state index contributed by atoms with van der Waals surface area (Å²) in [4.78, 5) is 4.16. The molecule has 0 spiro atoms. The molecule has 3 heteroatoms. The van der Waals surface area contributed by atoms with Crippen LogP contribution in [0, 0.1) is 0 Å². The first-order valence-corrected chi connectivity index (χ1v) is 4.52. The van der Waals surface area contributed by atoms with Crippen molar-refractivity contribution in [1.29, 1.82) is 0 Å². The van der Waals surface area contributed by atoms with Crippen LogP contribution in [0.5, 0.6) is 0 Å². The van der Waals surface area contributed by atoms with Gasteiger partial charge in [0.15, 0.2) is 12.0 Å². The molecule has 12 heavy (non-hydrogen) atoms.